The standard InChI is InChI=1S/C12H23N5/c1-3-17-7-5-14-12(17)13-4-6-16-10-8-15(2)9-11-16/h5,7H,3-4,6,8-11H2,1-2H3,(H,13,14). The second-order valence-electron chi connectivity index (χ2n) is 4.61. The molecule has 2 heterocycles. The van der Waals surface area contributed by atoms with E-state index in [1.807, 2.05) is 12.4 Å². The van der Waals surface area contributed by atoms with E-state index >= 15 is 0 Å². The van der Waals surface area contributed by atoms with Crippen LogP contribution in [0.2, 0.25) is 0 Å². The molecule has 5 nitrogen and oxygen atoms in total. The Labute approximate surface area is 103 Å². The first kappa shape index (κ1) is 12.4. The van der Waals surface area contributed by atoms with Crippen molar-refractivity contribution in [3.63, 3.8) is 0 Å². The lowest BCUT2D eigenvalue weighted by atomic mass is 10.3. The number of aromatic nitrogens is 2. The number of rotatable bonds is 5. The summed E-state index contributed by atoms with van der Waals surface area (Å²) in [4.78, 5) is 9.20. The summed E-state index contributed by atoms with van der Waals surface area (Å²) in [6.07, 6.45) is 3.86. The smallest absolute Gasteiger partial charge is 0.202 e. The van der Waals surface area contributed by atoms with Gasteiger partial charge in [0.25, 0.3) is 0 Å². The van der Waals surface area contributed by atoms with Gasteiger partial charge >= 0.3 is 0 Å². The lowest BCUT2D eigenvalue weighted by Crippen LogP contribution is -2.45. The monoisotopic (exact) mass is 237 g/mol. The molecule has 0 atom stereocenters. The van der Waals surface area contributed by atoms with Crippen LogP contribution in [0.25, 0.3) is 0 Å². The molecule has 1 N–H and O–H groups in total. The number of imidazole rings is 1. The van der Waals surface area contributed by atoms with Gasteiger partial charge in [0.15, 0.2) is 0 Å². The molecule has 0 amide bonds. The lowest BCUT2D eigenvalue weighted by molar-refractivity contribution is 0.158. The number of nitrogens with one attached hydrogen (secondary N) is 1. The van der Waals surface area contributed by atoms with Gasteiger partial charge in [-0.1, -0.05) is 0 Å². The van der Waals surface area contributed by atoms with Gasteiger partial charge in [0.05, 0.1) is 0 Å². The maximum Gasteiger partial charge on any atom is 0.202 e. The molecule has 2 rings (SSSR count). The number of likely N-dealkylation sites (N-methyl/N-ethyl adjacent to an activating group) is 1. The van der Waals surface area contributed by atoms with Crippen molar-refractivity contribution in [3.8, 4) is 0 Å². The van der Waals surface area contributed by atoms with Crippen molar-refractivity contribution in [1.82, 2.24) is 19.4 Å². The fourth-order valence-corrected chi connectivity index (χ4v) is 2.13. The molecule has 17 heavy (non-hydrogen) atoms. The average Bonchev–Trinajstić information content (AvgIpc) is 2.79. The van der Waals surface area contributed by atoms with Gasteiger partial charge in [-0.2, -0.15) is 0 Å². The summed E-state index contributed by atoms with van der Waals surface area (Å²) in [5.74, 6) is 0.988. The third-order valence-electron chi connectivity index (χ3n) is 3.36. The largest absolute Gasteiger partial charge is 0.354 e. The Balaban J connectivity index is 1.69. The fraction of sp³-hybridized carbons (Fsp3) is 0.750. The molecule has 1 fully saturated rings. The zero-order valence-electron chi connectivity index (χ0n) is 10.9. The molecule has 0 radical (unpaired) electrons. The summed E-state index contributed by atoms with van der Waals surface area (Å²) in [5, 5.41) is 3.40. The maximum atomic E-state index is 4.31. The zero-order chi connectivity index (χ0) is 12.1. The molecule has 5 heteroatoms. The van der Waals surface area contributed by atoms with E-state index in [4.69, 9.17) is 0 Å². The molecule has 1 aromatic rings. The van der Waals surface area contributed by atoms with Crippen molar-refractivity contribution in [1.29, 1.82) is 0 Å². The molecule has 1 aliphatic rings. The van der Waals surface area contributed by atoms with Gasteiger partial charge in [-0.15, -0.1) is 0 Å². The van der Waals surface area contributed by atoms with Crippen molar-refractivity contribution in [3.05, 3.63) is 12.4 Å². The molecule has 0 unspecified atom stereocenters. The molecule has 0 aromatic carbocycles. The van der Waals surface area contributed by atoms with Gasteiger partial charge in [0.2, 0.25) is 5.95 Å². The quantitative estimate of drug-likeness (QED) is 0.812. The van der Waals surface area contributed by atoms with Crippen LogP contribution in [0.4, 0.5) is 5.95 Å². The molecule has 96 valence electrons. The number of aryl methyl sites for hydroxylation is 1. The first-order valence-electron chi connectivity index (χ1n) is 6.45. The Hall–Kier alpha value is -1.07. The highest BCUT2D eigenvalue weighted by atomic mass is 15.3. The van der Waals surface area contributed by atoms with Crippen LogP contribution in [-0.4, -0.2) is 65.7 Å². The first-order valence-corrected chi connectivity index (χ1v) is 6.45. The van der Waals surface area contributed by atoms with Gasteiger partial charge in [-0.3, -0.25) is 4.90 Å². The van der Waals surface area contributed by atoms with Crippen molar-refractivity contribution in [2.75, 3.05) is 51.6 Å². The van der Waals surface area contributed by atoms with Gasteiger partial charge in [-0.05, 0) is 14.0 Å². The summed E-state index contributed by atoms with van der Waals surface area (Å²) < 4.78 is 2.13. The van der Waals surface area contributed by atoms with Gasteiger partial charge < -0.3 is 14.8 Å². The number of hydrogen-bond acceptors (Lipinski definition) is 4. The van der Waals surface area contributed by atoms with E-state index in [0.717, 1.165) is 25.6 Å². The minimum Gasteiger partial charge on any atom is -0.354 e. The molecule has 1 aromatic heterocycles. The first-order chi connectivity index (χ1) is 8.29. The average molecular weight is 237 g/mol. The minimum absolute atomic E-state index is 0.969. The molecular weight excluding hydrogens is 214 g/mol. The molecule has 1 saturated heterocycles. The second-order valence-corrected chi connectivity index (χ2v) is 4.61. The topological polar surface area (TPSA) is 36.3 Å². The Kier molecular flexibility index (Phi) is 4.39. The summed E-state index contributed by atoms with van der Waals surface area (Å²) in [6.45, 7) is 9.91. The number of nitrogens with zero attached hydrogens (tertiary/aromatic N) is 4. The van der Waals surface area contributed by atoms with Crippen molar-refractivity contribution >= 4 is 5.95 Å². The maximum absolute atomic E-state index is 4.31. The second kappa shape index (κ2) is 6.02. The molecular formula is C12H23N5. The van der Waals surface area contributed by atoms with E-state index in [0.29, 0.717) is 0 Å². The summed E-state index contributed by atoms with van der Waals surface area (Å²) in [7, 11) is 2.19. The van der Waals surface area contributed by atoms with Gasteiger partial charge in [-0.25, -0.2) is 4.98 Å². The van der Waals surface area contributed by atoms with Crippen LogP contribution in [0.5, 0.6) is 0 Å². The van der Waals surface area contributed by atoms with Crippen LogP contribution < -0.4 is 5.32 Å². The molecule has 0 spiro atoms. The van der Waals surface area contributed by atoms with Gasteiger partial charge in [0.1, 0.15) is 0 Å². The highest BCUT2D eigenvalue weighted by Crippen LogP contribution is 2.04. The third kappa shape index (κ3) is 3.44. The van der Waals surface area contributed by atoms with Crippen LogP contribution >= 0.6 is 0 Å². The van der Waals surface area contributed by atoms with E-state index in [-0.39, 0.29) is 0 Å². The van der Waals surface area contributed by atoms with Crippen molar-refractivity contribution < 1.29 is 0 Å². The van der Waals surface area contributed by atoms with Crippen LogP contribution in [0, 0.1) is 0 Å². The predicted octanol–water partition coefficient (Wildman–Crippen LogP) is 0.562. The van der Waals surface area contributed by atoms with Crippen molar-refractivity contribution in [2.45, 2.75) is 13.5 Å². The van der Waals surface area contributed by atoms with Crippen LogP contribution in [-0.2, 0) is 6.54 Å². The molecule has 1 aliphatic heterocycles. The highest BCUT2D eigenvalue weighted by Gasteiger charge is 2.12. The Morgan fingerprint density at radius 3 is 2.76 bits per heavy atom. The van der Waals surface area contributed by atoms with Crippen LogP contribution in [0.3, 0.4) is 0 Å². The summed E-state index contributed by atoms with van der Waals surface area (Å²) >= 11 is 0. The Morgan fingerprint density at radius 1 is 1.29 bits per heavy atom. The predicted molar refractivity (Wildman–Crippen MR) is 70.3 cm³/mol. The molecule has 0 saturated carbocycles. The van der Waals surface area contributed by atoms with Gasteiger partial charge in [0, 0.05) is 58.2 Å². The minimum atomic E-state index is 0.969. The van der Waals surface area contributed by atoms with E-state index in [1.165, 1.54) is 26.2 Å². The summed E-state index contributed by atoms with van der Waals surface area (Å²) in [5.41, 5.74) is 0. The van der Waals surface area contributed by atoms with Crippen LogP contribution in [0.15, 0.2) is 12.4 Å². The Bertz CT molecular complexity index is 327. The molecule has 0 aliphatic carbocycles. The number of anilines is 1. The van der Waals surface area contributed by atoms with Crippen LogP contribution in [0.1, 0.15) is 6.92 Å². The lowest BCUT2D eigenvalue weighted by Gasteiger charge is -2.32. The number of hydrogen-bond donors (Lipinski definition) is 1. The van der Waals surface area contributed by atoms with E-state index in [9.17, 15) is 0 Å². The van der Waals surface area contributed by atoms with E-state index in [1.54, 1.807) is 0 Å². The molecule has 0 bridgehead atoms. The van der Waals surface area contributed by atoms with E-state index < -0.39 is 0 Å². The van der Waals surface area contributed by atoms with E-state index in [2.05, 4.69) is 38.6 Å². The Morgan fingerprint density at radius 2 is 2.06 bits per heavy atom. The third-order valence-corrected chi connectivity index (χ3v) is 3.36. The normalized spacial score (nSPS) is 18.5. The fourth-order valence-electron chi connectivity index (χ4n) is 2.13. The highest BCUT2D eigenvalue weighted by molar-refractivity contribution is 5.25. The van der Waals surface area contributed by atoms with Crippen molar-refractivity contribution in [2.24, 2.45) is 0 Å². The summed E-state index contributed by atoms with van der Waals surface area (Å²) in [6, 6.07) is 0. The zero-order valence-corrected chi connectivity index (χ0v) is 10.9. The SMILES string of the molecule is CCn1ccnc1NCCN1CCN(C)CC1. The number of piperazine rings is 1.